The van der Waals surface area contributed by atoms with Gasteiger partial charge in [-0.15, -0.1) is 0 Å². The molecule has 0 atom stereocenters. The van der Waals surface area contributed by atoms with Crippen LogP contribution in [-0.4, -0.2) is 47.7 Å². The van der Waals surface area contributed by atoms with Crippen molar-refractivity contribution in [3.63, 3.8) is 0 Å². The largest absolute Gasteiger partial charge is 2.00 e. The summed E-state index contributed by atoms with van der Waals surface area (Å²) in [7, 11) is 0. The third kappa shape index (κ3) is 20.3. The average Bonchev–Trinajstić information content (AvgIpc) is 2.82. The van der Waals surface area contributed by atoms with E-state index in [0.717, 1.165) is 55.4 Å². The van der Waals surface area contributed by atoms with Crippen LogP contribution in [0.4, 0.5) is 0 Å². The van der Waals surface area contributed by atoms with Crippen LogP contribution in [0.5, 0.6) is 11.5 Å². The maximum Gasteiger partial charge on any atom is 2.00 e. The number of carboxylic acids is 2. The number of phenols is 2. The van der Waals surface area contributed by atoms with Crippen LogP contribution in [-0.2, 0) is 50.0 Å². The van der Waals surface area contributed by atoms with Crippen molar-refractivity contribution in [2.75, 3.05) is 13.1 Å². The molecule has 1 radical (unpaired) electrons. The molecule has 0 bridgehead atoms. The van der Waals surface area contributed by atoms with Crippen LogP contribution >= 0.6 is 0 Å². The smallest absolute Gasteiger partial charge is 0.550 e. The summed E-state index contributed by atoms with van der Waals surface area (Å²) in [5.74, 6) is -1.52. The Morgan fingerprint density at radius 1 is 0.625 bits per heavy atom. The van der Waals surface area contributed by atoms with Crippen molar-refractivity contribution in [1.29, 1.82) is 0 Å². The fraction of sp³-hybridized carbons (Fsp3) is 0.590. The van der Waals surface area contributed by atoms with Crippen molar-refractivity contribution in [2.45, 2.75) is 127 Å². The zero-order chi connectivity index (χ0) is 37.0. The fourth-order valence-electron chi connectivity index (χ4n) is 4.79. The number of carbonyl (C=O) groups excluding carboxylic acids is 2. The van der Waals surface area contributed by atoms with Crippen LogP contribution in [0, 0.1) is 10.8 Å². The van der Waals surface area contributed by atoms with Gasteiger partial charge in [-0.25, -0.2) is 0 Å². The van der Waals surface area contributed by atoms with Crippen molar-refractivity contribution in [2.24, 2.45) is 20.8 Å². The topological polar surface area (TPSA) is 145 Å². The quantitative estimate of drug-likeness (QED) is 0.243. The first-order valence-corrected chi connectivity index (χ1v) is 16.2. The van der Waals surface area contributed by atoms with Gasteiger partial charge in [-0.2, -0.15) is 0 Å². The van der Waals surface area contributed by atoms with Gasteiger partial charge < -0.3 is 30.0 Å². The van der Waals surface area contributed by atoms with Gasteiger partial charge in [0.15, 0.2) is 0 Å². The molecule has 0 aliphatic heterocycles. The van der Waals surface area contributed by atoms with E-state index in [4.69, 9.17) is 19.8 Å². The molecule has 0 amide bonds. The molecule has 0 fully saturated rings. The van der Waals surface area contributed by atoms with Crippen LogP contribution in [0.3, 0.4) is 0 Å². The van der Waals surface area contributed by atoms with Gasteiger partial charge in [0.1, 0.15) is 11.5 Å². The molecule has 48 heavy (non-hydrogen) atoms. The van der Waals surface area contributed by atoms with E-state index >= 15 is 0 Å². The third-order valence-corrected chi connectivity index (χ3v) is 6.52. The number of nitrogens with zero attached hydrogens (tertiary/aromatic N) is 2. The second-order valence-corrected chi connectivity index (χ2v) is 16.5. The van der Waals surface area contributed by atoms with Crippen molar-refractivity contribution in [3.05, 3.63) is 57.6 Å². The zero-order valence-corrected chi connectivity index (χ0v) is 32.8. The minimum absolute atomic E-state index is 0. The summed E-state index contributed by atoms with van der Waals surface area (Å²) < 4.78 is 0. The van der Waals surface area contributed by atoms with Gasteiger partial charge in [-0.05, 0) is 78.0 Å². The minimum atomic E-state index is -1.08. The van der Waals surface area contributed by atoms with Crippen molar-refractivity contribution in [1.82, 2.24) is 0 Å². The molecule has 8 nitrogen and oxygen atoms in total. The molecule has 2 aromatic rings. The van der Waals surface area contributed by atoms with E-state index in [2.05, 4.69) is 117 Å². The molecule has 2 rings (SSSR count). The molecule has 2 aromatic carbocycles. The first kappa shape index (κ1) is 46.9. The molecule has 0 aromatic heterocycles. The second-order valence-electron chi connectivity index (χ2n) is 16.5. The Morgan fingerprint density at radius 3 is 1.12 bits per heavy atom. The van der Waals surface area contributed by atoms with Gasteiger partial charge in [0.2, 0.25) is 0 Å². The van der Waals surface area contributed by atoms with Crippen LogP contribution < -0.4 is 10.2 Å². The van der Waals surface area contributed by atoms with E-state index in [1.807, 2.05) is 0 Å². The fourth-order valence-corrected chi connectivity index (χ4v) is 4.79. The number of hydrogen-bond acceptors (Lipinski definition) is 8. The molecule has 0 saturated heterocycles. The van der Waals surface area contributed by atoms with E-state index in [1.54, 1.807) is 12.4 Å². The van der Waals surface area contributed by atoms with Crippen LogP contribution in [0.2, 0.25) is 0 Å². The molecule has 0 unspecified atom stereocenters. The Labute approximate surface area is 300 Å². The Bertz CT molecular complexity index is 1270. The number of carbonyl (C=O) groups is 2. The molecule has 9 heteroatoms. The summed E-state index contributed by atoms with van der Waals surface area (Å²) >= 11 is 0. The number of aliphatic imine (C=N–C) groups is 2. The number of rotatable bonds is 8. The monoisotopic (exact) mass is 711 g/mol. The van der Waals surface area contributed by atoms with E-state index in [0.29, 0.717) is 24.6 Å². The van der Waals surface area contributed by atoms with Gasteiger partial charge in [0.25, 0.3) is 0 Å². The summed E-state index contributed by atoms with van der Waals surface area (Å²) in [4.78, 5) is 27.0. The van der Waals surface area contributed by atoms with Crippen molar-refractivity contribution in [3.8, 4) is 11.5 Å². The third-order valence-electron chi connectivity index (χ3n) is 6.52. The van der Waals surface area contributed by atoms with Crippen LogP contribution in [0.25, 0.3) is 0 Å². The molecule has 2 N–H and O–H groups in total. The number of phenolic OH excluding ortho intramolecular Hbond substituents is 2. The molecule has 0 aliphatic rings. The first-order chi connectivity index (χ1) is 21.1. The maximum absolute atomic E-state index is 11.0. The average molecular weight is 712 g/mol. The summed E-state index contributed by atoms with van der Waals surface area (Å²) in [6.45, 7) is 29.3. The molecular formula is C39H60CoN2O6. The number of aromatic hydroxyl groups is 2. The summed E-state index contributed by atoms with van der Waals surface area (Å²) in [6, 6.07) is 8.42. The van der Waals surface area contributed by atoms with Gasteiger partial charge in [0, 0.05) is 59.7 Å². The number of carboxylic acid groups (broad SMARTS) is 2. The van der Waals surface area contributed by atoms with Crippen LogP contribution in [0.15, 0.2) is 34.3 Å². The van der Waals surface area contributed by atoms with Crippen molar-refractivity contribution < 1.29 is 46.8 Å². The zero-order valence-electron chi connectivity index (χ0n) is 31.8. The van der Waals surface area contributed by atoms with Gasteiger partial charge >= 0.3 is 16.8 Å². The predicted octanol–water partition coefficient (Wildman–Crippen LogP) is 6.31. The summed E-state index contributed by atoms with van der Waals surface area (Å²) in [6.07, 6.45) is 6.27. The van der Waals surface area contributed by atoms with E-state index in [1.165, 1.54) is 11.1 Å². The van der Waals surface area contributed by atoms with Crippen LogP contribution in [0.1, 0.15) is 137 Å². The molecule has 0 aliphatic carbocycles. The minimum Gasteiger partial charge on any atom is -0.550 e. The molecule has 0 spiro atoms. The van der Waals surface area contributed by atoms with E-state index < -0.39 is 11.9 Å². The molecular weight excluding hydrogens is 651 g/mol. The van der Waals surface area contributed by atoms with Gasteiger partial charge in [0.05, 0.1) is 0 Å². The van der Waals surface area contributed by atoms with Gasteiger partial charge in [-0.1, -0.05) is 95.2 Å². The molecule has 0 heterocycles. The van der Waals surface area contributed by atoms with Gasteiger partial charge in [-0.3, -0.25) is 9.98 Å². The normalized spacial score (nSPS) is 12.1. The molecule has 0 saturated carbocycles. The summed E-state index contributed by atoms with van der Waals surface area (Å²) in [5, 5.41) is 39.7. The number of hydrogen-bond donors (Lipinski definition) is 2. The Kier molecular flexibility index (Phi) is 19.3. The number of benzene rings is 2. The Balaban J connectivity index is 0. The first-order valence-electron chi connectivity index (χ1n) is 16.2. The standard InChI is InChI=1S/C35H54N2O2.2C2H4O2.Co/c1-32(2,3)20-24-16-26(30(38)28(18-24)34(7,8)9)22-36-14-13-15-37-23-27-17-25(21-33(4,5)6)19-29(31(27)39)35(10,11)12;2*1-2(3)4;/h16-19,22-23,38-39H,13-15,20-21H2,1-12H3;2*1H3,(H,3,4);/q;;;+2/p-2. The summed E-state index contributed by atoms with van der Waals surface area (Å²) in [5.41, 5.74) is 5.92. The predicted molar refractivity (Wildman–Crippen MR) is 191 cm³/mol. The maximum atomic E-state index is 11.0. The SMILES string of the molecule is CC(=O)[O-].CC(=O)[O-].CC(C)(C)Cc1cc(C=NCCCN=Cc2cc(CC(C)(C)C)cc(C(C)(C)C)c2O)c(O)c(C(C)(C)C)c1.[Co+2]. The Hall–Kier alpha value is -3.17. The van der Waals surface area contributed by atoms with Crippen molar-refractivity contribution >= 4 is 24.4 Å². The Morgan fingerprint density at radius 2 is 0.896 bits per heavy atom. The van der Waals surface area contributed by atoms with E-state index in [9.17, 15) is 10.2 Å². The number of aliphatic carboxylic acids is 2. The molecule has 271 valence electrons. The van der Waals surface area contributed by atoms with E-state index in [-0.39, 0.29) is 38.4 Å². The second kappa shape index (κ2) is 19.7.